The predicted molar refractivity (Wildman–Crippen MR) is 75.7 cm³/mol. The van der Waals surface area contributed by atoms with Crippen molar-refractivity contribution in [3.8, 4) is 0 Å². The molecule has 1 aliphatic rings. The second-order valence-electron chi connectivity index (χ2n) is 5.95. The maximum atomic E-state index is 11.6. The lowest BCUT2D eigenvalue weighted by atomic mass is 9.64. The molecule has 0 bridgehead atoms. The van der Waals surface area contributed by atoms with Gasteiger partial charge in [0.05, 0.1) is 0 Å². The van der Waals surface area contributed by atoms with E-state index in [9.17, 15) is 14.7 Å². The molecule has 1 N–H and O–H groups in total. The normalized spacial score (nSPS) is 27.6. The maximum Gasteiger partial charge on any atom is 0.156 e. The molecule has 104 valence electrons. The van der Waals surface area contributed by atoms with E-state index in [4.69, 9.17) is 0 Å². The van der Waals surface area contributed by atoms with Crippen LogP contribution in [-0.4, -0.2) is 22.3 Å². The monoisotopic (exact) mass is 262 g/mol. The van der Waals surface area contributed by atoms with Gasteiger partial charge in [-0.15, -0.1) is 0 Å². The van der Waals surface area contributed by atoms with Crippen LogP contribution < -0.4 is 0 Å². The Morgan fingerprint density at radius 3 is 2.42 bits per heavy atom. The van der Waals surface area contributed by atoms with Gasteiger partial charge in [-0.2, -0.15) is 0 Å². The molecule has 0 aromatic rings. The van der Waals surface area contributed by atoms with Crippen LogP contribution in [0.5, 0.6) is 0 Å². The summed E-state index contributed by atoms with van der Waals surface area (Å²) in [6, 6.07) is 0. The van der Waals surface area contributed by atoms with Gasteiger partial charge in [0.15, 0.2) is 11.6 Å². The first-order valence-corrected chi connectivity index (χ1v) is 6.40. The van der Waals surface area contributed by atoms with Crippen molar-refractivity contribution in [2.45, 2.75) is 46.6 Å². The van der Waals surface area contributed by atoms with Crippen LogP contribution in [0.3, 0.4) is 0 Å². The van der Waals surface area contributed by atoms with Crippen molar-refractivity contribution in [1.29, 1.82) is 0 Å². The summed E-state index contributed by atoms with van der Waals surface area (Å²) in [5.41, 5.74) is -0.301. The van der Waals surface area contributed by atoms with Crippen molar-refractivity contribution in [3.63, 3.8) is 0 Å². The van der Waals surface area contributed by atoms with Crippen molar-refractivity contribution in [1.82, 2.24) is 0 Å². The second kappa shape index (κ2) is 5.25. The first-order valence-electron chi connectivity index (χ1n) is 6.40. The Labute approximate surface area is 114 Å². The van der Waals surface area contributed by atoms with Crippen LogP contribution in [0.1, 0.15) is 41.0 Å². The molecule has 0 saturated carbocycles. The number of ketones is 2. The topological polar surface area (TPSA) is 54.4 Å². The molecule has 0 aliphatic heterocycles. The minimum atomic E-state index is -1.16. The molecule has 0 fully saturated rings. The third-order valence-electron chi connectivity index (χ3n) is 3.65. The number of hydrogen-bond donors (Lipinski definition) is 1. The molecule has 1 aliphatic carbocycles. The summed E-state index contributed by atoms with van der Waals surface area (Å²) < 4.78 is 0. The van der Waals surface area contributed by atoms with Gasteiger partial charge in [-0.25, -0.2) is 0 Å². The molecule has 0 spiro atoms. The fourth-order valence-corrected chi connectivity index (χ4v) is 2.48. The Bertz CT molecular complexity index is 492. The molecule has 0 heterocycles. The molecule has 19 heavy (non-hydrogen) atoms. The highest BCUT2D eigenvalue weighted by molar-refractivity contribution is 5.93. The highest BCUT2D eigenvalue weighted by Gasteiger charge is 2.46. The largest absolute Gasteiger partial charge is 0.381 e. The highest BCUT2D eigenvalue weighted by Crippen LogP contribution is 2.44. The van der Waals surface area contributed by atoms with Crippen molar-refractivity contribution in [2.75, 3.05) is 0 Å². The summed E-state index contributed by atoms with van der Waals surface area (Å²) >= 11 is 0. The van der Waals surface area contributed by atoms with Gasteiger partial charge in [-0.1, -0.05) is 19.9 Å². The Morgan fingerprint density at radius 1 is 1.37 bits per heavy atom. The predicted octanol–water partition coefficient (Wildman–Crippen LogP) is 2.75. The van der Waals surface area contributed by atoms with Gasteiger partial charge < -0.3 is 5.11 Å². The average Bonchev–Trinajstić information content (AvgIpc) is 2.21. The number of rotatable bonds is 3. The van der Waals surface area contributed by atoms with Crippen LogP contribution in [0.25, 0.3) is 0 Å². The van der Waals surface area contributed by atoms with E-state index in [0.29, 0.717) is 12.0 Å². The number of carbonyl (C=O) groups excluding carboxylic acids is 2. The van der Waals surface area contributed by atoms with E-state index < -0.39 is 11.0 Å². The summed E-state index contributed by atoms with van der Waals surface area (Å²) in [4.78, 5) is 22.6. The van der Waals surface area contributed by atoms with Crippen molar-refractivity contribution < 1.29 is 14.7 Å². The van der Waals surface area contributed by atoms with Gasteiger partial charge in [0.25, 0.3) is 0 Å². The second-order valence-corrected chi connectivity index (χ2v) is 5.95. The number of aliphatic hydroxyl groups is 1. The minimum Gasteiger partial charge on any atom is -0.381 e. The molecule has 0 radical (unpaired) electrons. The molecule has 1 rings (SSSR count). The van der Waals surface area contributed by atoms with Crippen LogP contribution in [0, 0.1) is 5.41 Å². The Balaban J connectivity index is 3.15. The Hall–Kier alpha value is -1.48. The third kappa shape index (κ3) is 3.29. The number of carbonyl (C=O) groups is 2. The van der Waals surface area contributed by atoms with Crippen molar-refractivity contribution in [3.05, 3.63) is 35.5 Å². The molecule has 0 amide bonds. The molecule has 0 aromatic carbocycles. The molecule has 0 aromatic heterocycles. The van der Waals surface area contributed by atoms with Gasteiger partial charge in [0.1, 0.15) is 5.60 Å². The first kappa shape index (κ1) is 15.6. The van der Waals surface area contributed by atoms with Crippen LogP contribution in [0.4, 0.5) is 0 Å². The van der Waals surface area contributed by atoms with Gasteiger partial charge in [0, 0.05) is 11.8 Å². The zero-order valence-corrected chi connectivity index (χ0v) is 12.3. The third-order valence-corrected chi connectivity index (χ3v) is 3.65. The highest BCUT2D eigenvalue weighted by atomic mass is 16.3. The van der Waals surface area contributed by atoms with E-state index in [0.717, 1.165) is 5.57 Å². The smallest absolute Gasteiger partial charge is 0.156 e. The standard InChI is InChI=1S/C16H22O3/c1-11(8-13(3)17)6-7-16(19)12(2)9-14(18)10-15(16,4)5/h6-9,19H,10H2,1-5H3/b7-6+,11-8-/t16-/m1/s1. The van der Waals surface area contributed by atoms with E-state index in [1.54, 1.807) is 26.0 Å². The number of hydrogen-bond acceptors (Lipinski definition) is 3. The molecule has 0 saturated heterocycles. The Morgan fingerprint density at radius 2 is 1.95 bits per heavy atom. The molecule has 3 heteroatoms. The summed E-state index contributed by atoms with van der Waals surface area (Å²) in [5.74, 6) is 0.0102. The fourth-order valence-electron chi connectivity index (χ4n) is 2.48. The summed E-state index contributed by atoms with van der Waals surface area (Å²) in [6.07, 6.45) is 6.73. The first-order chi connectivity index (χ1) is 8.58. The lowest BCUT2D eigenvalue weighted by Crippen LogP contribution is -2.48. The van der Waals surface area contributed by atoms with E-state index in [-0.39, 0.29) is 11.6 Å². The lowest BCUT2D eigenvalue weighted by molar-refractivity contribution is -0.121. The molecule has 0 unspecified atom stereocenters. The lowest BCUT2D eigenvalue weighted by Gasteiger charge is -2.44. The zero-order chi connectivity index (χ0) is 14.8. The average molecular weight is 262 g/mol. The van der Waals surface area contributed by atoms with Gasteiger partial charge in [-0.05, 0) is 50.1 Å². The number of allylic oxidation sites excluding steroid dienone is 4. The zero-order valence-electron chi connectivity index (χ0n) is 12.3. The minimum absolute atomic E-state index is 0.0283. The van der Waals surface area contributed by atoms with Crippen LogP contribution >= 0.6 is 0 Å². The molecular weight excluding hydrogens is 240 g/mol. The van der Waals surface area contributed by atoms with E-state index >= 15 is 0 Å². The van der Waals surface area contributed by atoms with Crippen molar-refractivity contribution >= 4 is 11.6 Å². The molecule has 3 nitrogen and oxygen atoms in total. The van der Waals surface area contributed by atoms with Crippen LogP contribution in [0.15, 0.2) is 35.5 Å². The van der Waals surface area contributed by atoms with Gasteiger partial charge >= 0.3 is 0 Å². The quantitative estimate of drug-likeness (QED) is 0.628. The van der Waals surface area contributed by atoms with E-state index in [2.05, 4.69) is 0 Å². The van der Waals surface area contributed by atoms with Gasteiger partial charge in [0.2, 0.25) is 0 Å². The summed E-state index contributed by atoms with van der Waals surface area (Å²) in [7, 11) is 0. The summed E-state index contributed by atoms with van der Waals surface area (Å²) in [6.45, 7) is 8.79. The van der Waals surface area contributed by atoms with Crippen LogP contribution in [-0.2, 0) is 9.59 Å². The van der Waals surface area contributed by atoms with E-state index in [1.165, 1.54) is 19.1 Å². The summed E-state index contributed by atoms with van der Waals surface area (Å²) in [5, 5.41) is 10.8. The van der Waals surface area contributed by atoms with Gasteiger partial charge in [-0.3, -0.25) is 9.59 Å². The molecular formula is C16H22O3. The fraction of sp³-hybridized carbons (Fsp3) is 0.500. The van der Waals surface area contributed by atoms with Crippen molar-refractivity contribution in [2.24, 2.45) is 5.41 Å². The maximum absolute atomic E-state index is 11.6. The SMILES string of the molecule is CC(=O)/C=C(C)\C=C\[C@@]1(O)C(C)=CC(=O)CC1(C)C. The molecule has 1 atom stereocenters. The van der Waals surface area contributed by atoms with Crippen LogP contribution in [0.2, 0.25) is 0 Å². The Kier molecular flexibility index (Phi) is 4.31. The van der Waals surface area contributed by atoms with E-state index in [1.807, 2.05) is 13.8 Å².